The highest BCUT2D eigenvalue weighted by atomic mass is 16.5. The van der Waals surface area contributed by atoms with Crippen molar-refractivity contribution in [3.63, 3.8) is 0 Å². The fourth-order valence-corrected chi connectivity index (χ4v) is 7.35. The Kier molecular flexibility index (Phi) is 9.64. The first-order chi connectivity index (χ1) is 13.8. The van der Waals surface area contributed by atoms with E-state index in [9.17, 15) is 0 Å². The number of hydrogen-bond donors (Lipinski definition) is 0. The molecule has 0 heterocycles. The third-order valence-electron chi connectivity index (χ3n) is 8.82. The van der Waals surface area contributed by atoms with Gasteiger partial charge in [-0.25, -0.2) is 0 Å². The van der Waals surface area contributed by atoms with E-state index in [1.54, 1.807) is 0 Å². The zero-order valence-corrected chi connectivity index (χ0v) is 19.1. The minimum atomic E-state index is 0.255. The van der Waals surface area contributed by atoms with Crippen molar-refractivity contribution in [1.82, 2.24) is 0 Å². The highest BCUT2D eigenvalue weighted by Gasteiger charge is 2.41. The zero-order chi connectivity index (χ0) is 19.7. The molecule has 0 bridgehead atoms. The van der Waals surface area contributed by atoms with Crippen LogP contribution in [0.15, 0.2) is 0 Å². The van der Waals surface area contributed by atoms with Crippen LogP contribution < -0.4 is 0 Å². The molecule has 0 radical (unpaired) electrons. The van der Waals surface area contributed by atoms with E-state index >= 15 is 0 Å². The quantitative estimate of drug-likeness (QED) is 0.385. The summed E-state index contributed by atoms with van der Waals surface area (Å²) in [6.45, 7) is 1.79. The average Bonchev–Trinajstić information content (AvgIpc) is 2.76. The SMILES string of the molecule is COCC(CCC(C1CCCCC1)C1CCCCC1)(COC)C1CCCCC1. The Labute approximate surface area is 175 Å². The smallest absolute Gasteiger partial charge is 0.0543 e. The second-order valence-corrected chi connectivity index (χ2v) is 10.6. The van der Waals surface area contributed by atoms with Crippen molar-refractivity contribution in [1.29, 1.82) is 0 Å². The zero-order valence-electron chi connectivity index (χ0n) is 19.1. The summed E-state index contributed by atoms with van der Waals surface area (Å²) < 4.78 is 11.7. The number of methoxy groups -OCH3 is 2. The number of ether oxygens (including phenoxy) is 2. The Balaban J connectivity index is 1.72. The van der Waals surface area contributed by atoms with Gasteiger partial charge in [0.1, 0.15) is 0 Å². The van der Waals surface area contributed by atoms with E-state index in [0.29, 0.717) is 0 Å². The van der Waals surface area contributed by atoms with E-state index in [2.05, 4.69) is 0 Å². The number of rotatable bonds is 10. The van der Waals surface area contributed by atoms with Crippen LogP contribution in [0, 0.1) is 29.1 Å². The van der Waals surface area contributed by atoms with E-state index in [4.69, 9.17) is 9.47 Å². The lowest BCUT2D eigenvalue weighted by Crippen LogP contribution is -2.41. The molecule has 3 rings (SSSR count). The third kappa shape index (κ3) is 5.97. The molecule has 2 heteroatoms. The molecule has 2 nitrogen and oxygen atoms in total. The first kappa shape index (κ1) is 22.6. The van der Waals surface area contributed by atoms with Crippen LogP contribution in [0.4, 0.5) is 0 Å². The van der Waals surface area contributed by atoms with Gasteiger partial charge in [-0.3, -0.25) is 0 Å². The Morgan fingerprint density at radius 2 is 1.07 bits per heavy atom. The lowest BCUT2D eigenvalue weighted by molar-refractivity contribution is -0.0538. The van der Waals surface area contributed by atoms with Crippen LogP contribution >= 0.6 is 0 Å². The van der Waals surface area contributed by atoms with Crippen molar-refractivity contribution in [3.05, 3.63) is 0 Å². The van der Waals surface area contributed by atoms with Gasteiger partial charge in [-0.2, -0.15) is 0 Å². The van der Waals surface area contributed by atoms with Crippen LogP contribution in [0.3, 0.4) is 0 Å². The van der Waals surface area contributed by atoms with E-state index < -0.39 is 0 Å². The fraction of sp³-hybridized carbons (Fsp3) is 1.00. The van der Waals surface area contributed by atoms with Gasteiger partial charge in [-0.15, -0.1) is 0 Å². The molecule has 0 unspecified atom stereocenters. The summed E-state index contributed by atoms with van der Waals surface area (Å²) in [5, 5.41) is 0. The first-order valence-electron chi connectivity index (χ1n) is 12.8. The molecule has 0 aromatic heterocycles. The second-order valence-electron chi connectivity index (χ2n) is 10.6. The Bertz CT molecular complexity index is 379. The van der Waals surface area contributed by atoms with Crippen LogP contribution in [0.25, 0.3) is 0 Å². The summed E-state index contributed by atoms with van der Waals surface area (Å²) in [6, 6.07) is 0. The molecule has 3 fully saturated rings. The van der Waals surface area contributed by atoms with Gasteiger partial charge >= 0.3 is 0 Å². The molecule has 0 amide bonds. The molecule has 0 N–H and O–H groups in total. The van der Waals surface area contributed by atoms with E-state index in [-0.39, 0.29) is 5.41 Å². The van der Waals surface area contributed by atoms with Gasteiger partial charge in [0.15, 0.2) is 0 Å². The lowest BCUT2D eigenvalue weighted by Gasteiger charge is -2.45. The van der Waals surface area contributed by atoms with Crippen molar-refractivity contribution in [2.75, 3.05) is 27.4 Å². The summed E-state index contributed by atoms with van der Waals surface area (Å²) in [7, 11) is 3.82. The van der Waals surface area contributed by atoms with Crippen molar-refractivity contribution >= 4 is 0 Å². The topological polar surface area (TPSA) is 18.5 Å². The molecule has 0 aromatic rings. The summed E-state index contributed by atoms with van der Waals surface area (Å²) in [4.78, 5) is 0. The van der Waals surface area contributed by atoms with Crippen LogP contribution in [-0.2, 0) is 9.47 Å². The van der Waals surface area contributed by atoms with Crippen LogP contribution in [-0.4, -0.2) is 27.4 Å². The predicted octanol–water partition coefficient (Wildman–Crippen LogP) is 7.40. The third-order valence-corrected chi connectivity index (χ3v) is 8.82. The maximum absolute atomic E-state index is 5.86. The van der Waals surface area contributed by atoms with Gasteiger partial charge in [-0.05, 0) is 49.4 Å². The number of hydrogen-bond acceptors (Lipinski definition) is 2. The highest BCUT2D eigenvalue weighted by Crippen LogP contribution is 2.47. The van der Waals surface area contributed by atoms with Crippen molar-refractivity contribution in [3.8, 4) is 0 Å². The highest BCUT2D eigenvalue weighted by molar-refractivity contribution is 4.91. The largest absolute Gasteiger partial charge is 0.384 e. The van der Waals surface area contributed by atoms with E-state index in [1.165, 1.54) is 109 Å². The molecule has 0 aliphatic heterocycles. The first-order valence-corrected chi connectivity index (χ1v) is 12.8. The normalized spacial score (nSPS) is 24.1. The molecule has 0 saturated heterocycles. The Morgan fingerprint density at radius 1 is 0.643 bits per heavy atom. The molecule has 28 heavy (non-hydrogen) atoms. The Morgan fingerprint density at radius 3 is 1.50 bits per heavy atom. The minimum absolute atomic E-state index is 0.255. The molecule has 3 aliphatic rings. The standard InChI is InChI=1S/C26H48O2/c1-27-20-26(21-28-2,24-16-10-5-11-17-24)19-18-25(22-12-6-3-7-13-22)23-14-8-4-9-15-23/h22-25H,3-21H2,1-2H3. The summed E-state index contributed by atoms with van der Waals surface area (Å²) in [5.74, 6) is 3.79. The van der Waals surface area contributed by atoms with Gasteiger partial charge in [0, 0.05) is 19.6 Å². The molecule has 0 spiro atoms. The monoisotopic (exact) mass is 392 g/mol. The fourth-order valence-electron chi connectivity index (χ4n) is 7.35. The van der Waals surface area contributed by atoms with Crippen LogP contribution in [0.2, 0.25) is 0 Å². The van der Waals surface area contributed by atoms with Crippen molar-refractivity contribution in [2.24, 2.45) is 29.1 Å². The summed E-state index contributed by atoms with van der Waals surface area (Å²) in [5.41, 5.74) is 0.255. The van der Waals surface area contributed by atoms with Gasteiger partial charge in [0.25, 0.3) is 0 Å². The minimum Gasteiger partial charge on any atom is -0.384 e. The Hall–Kier alpha value is -0.0800. The average molecular weight is 393 g/mol. The maximum atomic E-state index is 5.86. The maximum Gasteiger partial charge on any atom is 0.0543 e. The summed E-state index contributed by atoms with van der Waals surface area (Å²) in [6.07, 6.45) is 24.7. The molecule has 164 valence electrons. The van der Waals surface area contributed by atoms with Gasteiger partial charge in [0.05, 0.1) is 13.2 Å². The van der Waals surface area contributed by atoms with Crippen molar-refractivity contribution < 1.29 is 9.47 Å². The van der Waals surface area contributed by atoms with Crippen molar-refractivity contribution in [2.45, 2.75) is 109 Å². The van der Waals surface area contributed by atoms with E-state index in [0.717, 1.165) is 36.9 Å². The molecule has 3 saturated carbocycles. The van der Waals surface area contributed by atoms with Gasteiger partial charge in [0.2, 0.25) is 0 Å². The molecule has 0 aromatic carbocycles. The molecular weight excluding hydrogens is 344 g/mol. The summed E-state index contributed by atoms with van der Waals surface area (Å²) >= 11 is 0. The van der Waals surface area contributed by atoms with Crippen LogP contribution in [0.1, 0.15) is 109 Å². The molecule has 0 atom stereocenters. The predicted molar refractivity (Wildman–Crippen MR) is 119 cm³/mol. The van der Waals surface area contributed by atoms with Crippen LogP contribution in [0.5, 0.6) is 0 Å². The molecular formula is C26H48O2. The second kappa shape index (κ2) is 11.9. The molecule has 3 aliphatic carbocycles. The van der Waals surface area contributed by atoms with Gasteiger partial charge in [-0.1, -0.05) is 83.5 Å². The lowest BCUT2D eigenvalue weighted by atomic mass is 9.63. The van der Waals surface area contributed by atoms with Gasteiger partial charge < -0.3 is 9.47 Å². The van der Waals surface area contributed by atoms with E-state index in [1.807, 2.05) is 14.2 Å².